The molecule has 0 aliphatic heterocycles. The second-order valence-corrected chi connectivity index (χ2v) is 21.0. The van der Waals surface area contributed by atoms with E-state index in [-0.39, 0.29) is 6.29 Å². The molecule has 25 heavy (non-hydrogen) atoms. The van der Waals surface area contributed by atoms with Crippen LogP contribution in [-0.4, -0.2) is 31.8 Å². The summed E-state index contributed by atoms with van der Waals surface area (Å²) >= 11 is -2.54. The summed E-state index contributed by atoms with van der Waals surface area (Å²) in [6.07, 6.45) is 7.81. The number of methoxy groups -OCH3 is 1. The van der Waals surface area contributed by atoms with Gasteiger partial charge in [0.1, 0.15) is 0 Å². The average Bonchev–Trinajstić information content (AvgIpc) is 2.66. The third kappa shape index (κ3) is 7.60. The van der Waals surface area contributed by atoms with Crippen molar-refractivity contribution < 1.29 is 9.47 Å². The topological polar surface area (TPSA) is 18.5 Å². The molecule has 0 saturated heterocycles. The first kappa shape index (κ1) is 23.0. The summed E-state index contributed by atoms with van der Waals surface area (Å²) in [5.41, 5.74) is 1.39. The van der Waals surface area contributed by atoms with E-state index in [1.54, 1.807) is 7.11 Å². The van der Waals surface area contributed by atoms with Gasteiger partial charge in [0.05, 0.1) is 0 Å². The average molecular weight is 455 g/mol. The minimum atomic E-state index is -2.54. The van der Waals surface area contributed by atoms with Crippen molar-refractivity contribution in [1.82, 2.24) is 0 Å². The Labute approximate surface area is 160 Å². The van der Waals surface area contributed by atoms with Gasteiger partial charge in [-0.05, 0) is 0 Å². The molecule has 0 aliphatic rings. The zero-order valence-electron chi connectivity index (χ0n) is 17.2. The molecule has 1 rings (SSSR count). The van der Waals surface area contributed by atoms with Crippen molar-refractivity contribution in [2.24, 2.45) is 0 Å². The van der Waals surface area contributed by atoms with Crippen LogP contribution in [0.5, 0.6) is 0 Å². The molecule has 0 N–H and O–H groups in total. The Morgan fingerprint density at radius 1 is 0.840 bits per heavy atom. The molecule has 0 bridgehead atoms. The third-order valence-electron chi connectivity index (χ3n) is 5.40. The second kappa shape index (κ2) is 13.2. The summed E-state index contributed by atoms with van der Waals surface area (Å²) in [5.74, 6) is 0. The van der Waals surface area contributed by atoms with Gasteiger partial charge in [0.2, 0.25) is 0 Å². The summed E-state index contributed by atoms with van der Waals surface area (Å²) in [6.45, 7) is 9.03. The van der Waals surface area contributed by atoms with E-state index < -0.39 is 18.4 Å². The van der Waals surface area contributed by atoms with Crippen LogP contribution in [-0.2, 0) is 9.47 Å². The van der Waals surface area contributed by atoms with Crippen molar-refractivity contribution in [3.63, 3.8) is 0 Å². The standard InChI is InChI=1S/C10H13O2.3C4H9.Sn/c1-9(11-2)12-8-10-6-4-3-5-7-10;3*1-3-4-2;/h3-9H,1-2H3;3*1,3-4H2,2H3;. The summed E-state index contributed by atoms with van der Waals surface area (Å²) in [6, 6.07) is 11.0. The molecule has 0 saturated carbocycles. The zero-order chi connectivity index (χ0) is 18.5. The molecule has 1 aromatic rings. The molecule has 2 nitrogen and oxygen atoms in total. The fourth-order valence-electron chi connectivity index (χ4n) is 3.81. The number of hydrogen-bond donors (Lipinski definition) is 0. The first-order valence-electron chi connectivity index (χ1n) is 10.4. The van der Waals surface area contributed by atoms with Crippen molar-refractivity contribution in [2.75, 3.05) is 7.11 Å². The van der Waals surface area contributed by atoms with E-state index >= 15 is 0 Å². The Morgan fingerprint density at radius 3 is 1.72 bits per heavy atom. The van der Waals surface area contributed by atoms with Crippen LogP contribution in [0.15, 0.2) is 30.3 Å². The fraction of sp³-hybridized carbons (Fsp3) is 0.727. The predicted octanol–water partition coefficient (Wildman–Crippen LogP) is 7.13. The van der Waals surface area contributed by atoms with Crippen molar-refractivity contribution in [1.29, 1.82) is 0 Å². The van der Waals surface area contributed by atoms with Crippen LogP contribution in [0.25, 0.3) is 0 Å². The molecular weight excluding hydrogens is 415 g/mol. The van der Waals surface area contributed by atoms with Gasteiger partial charge in [-0.25, -0.2) is 0 Å². The van der Waals surface area contributed by atoms with E-state index in [4.69, 9.17) is 9.47 Å². The summed E-state index contributed by atoms with van der Waals surface area (Å²) in [7, 11) is 1.76. The molecular formula is C22H40O2Sn. The van der Waals surface area contributed by atoms with Gasteiger partial charge >= 0.3 is 161 Å². The molecule has 2 atom stereocenters. The number of ether oxygens (including phenoxy) is 2. The van der Waals surface area contributed by atoms with Gasteiger partial charge in [-0.1, -0.05) is 0 Å². The van der Waals surface area contributed by atoms with Gasteiger partial charge in [-0.3, -0.25) is 0 Å². The number of unbranched alkanes of at least 4 members (excludes halogenated alkanes) is 3. The van der Waals surface area contributed by atoms with Crippen molar-refractivity contribution in [3.8, 4) is 0 Å². The summed E-state index contributed by atoms with van der Waals surface area (Å²) in [5, 5.41) is 0. The molecule has 3 heteroatoms. The monoisotopic (exact) mass is 456 g/mol. The Hall–Kier alpha value is -0.0613. The second-order valence-electron chi connectivity index (χ2n) is 7.40. The Balaban J connectivity index is 3.25. The minimum absolute atomic E-state index is 0.133. The van der Waals surface area contributed by atoms with Gasteiger partial charge in [0.15, 0.2) is 0 Å². The van der Waals surface area contributed by atoms with Gasteiger partial charge < -0.3 is 0 Å². The molecule has 144 valence electrons. The number of hydrogen-bond acceptors (Lipinski definition) is 2. The van der Waals surface area contributed by atoms with Crippen LogP contribution in [0.4, 0.5) is 0 Å². The molecule has 2 unspecified atom stereocenters. The zero-order valence-corrected chi connectivity index (χ0v) is 20.1. The van der Waals surface area contributed by atoms with Crippen molar-refractivity contribution in [2.45, 2.75) is 89.9 Å². The fourth-order valence-corrected chi connectivity index (χ4v) is 21.2. The van der Waals surface area contributed by atoms with E-state index in [2.05, 4.69) is 51.1 Å². The van der Waals surface area contributed by atoms with Gasteiger partial charge in [0, 0.05) is 0 Å². The van der Waals surface area contributed by atoms with Crippen molar-refractivity contribution >= 4 is 18.4 Å². The predicted molar refractivity (Wildman–Crippen MR) is 112 cm³/mol. The third-order valence-corrected chi connectivity index (χ3v) is 21.5. The van der Waals surface area contributed by atoms with Crippen LogP contribution in [0.1, 0.15) is 75.9 Å². The molecule has 0 fully saturated rings. The van der Waals surface area contributed by atoms with Crippen LogP contribution in [0.2, 0.25) is 13.3 Å². The van der Waals surface area contributed by atoms with Gasteiger partial charge in [-0.2, -0.15) is 0 Å². The molecule has 0 aromatic heterocycles. The van der Waals surface area contributed by atoms with Crippen LogP contribution >= 0.6 is 0 Å². The SMILES string of the molecule is CCC[CH2][Sn]([CH2]CCC)([CH2]CCC)[CH](OC(C)OC)c1ccccc1. The summed E-state index contributed by atoms with van der Waals surface area (Å²) in [4.78, 5) is 0. The molecule has 0 heterocycles. The molecule has 0 amide bonds. The first-order chi connectivity index (χ1) is 12.1. The van der Waals surface area contributed by atoms with Crippen LogP contribution in [0.3, 0.4) is 0 Å². The normalized spacial score (nSPS) is 14.4. The summed E-state index contributed by atoms with van der Waals surface area (Å²) < 4.78 is 16.8. The van der Waals surface area contributed by atoms with Gasteiger partial charge in [0.25, 0.3) is 0 Å². The maximum atomic E-state index is 6.61. The number of benzene rings is 1. The van der Waals surface area contributed by atoms with E-state index in [1.807, 2.05) is 6.92 Å². The molecule has 1 aromatic carbocycles. The van der Waals surface area contributed by atoms with Crippen LogP contribution < -0.4 is 0 Å². The van der Waals surface area contributed by atoms with Crippen LogP contribution in [0, 0.1) is 0 Å². The Kier molecular flexibility index (Phi) is 12.1. The van der Waals surface area contributed by atoms with E-state index in [0.717, 1.165) is 0 Å². The number of rotatable bonds is 14. The van der Waals surface area contributed by atoms with E-state index in [0.29, 0.717) is 4.12 Å². The molecule has 0 aliphatic carbocycles. The van der Waals surface area contributed by atoms with E-state index in [1.165, 1.54) is 57.4 Å². The quantitative estimate of drug-likeness (QED) is 0.220. The van der Waals surface area contributed by atoms with Gasteiger partial charge in [-0.15, -0.1) is 0 Å². The Bertz CT molecular complexity index is 413. The van der Waals surface area contributed by atoms with Crippen molar-refractivity contribution in [3.05, 3.63) is 35.9 Å². The maximum absolute atomic E-state index is 6.61. The van der Waals surface area contributed by atoms with E-state index in [9.17, 15) is 0 Å². The molecule has 0 spiro atoms. The molecule has 0 radical (unpaired) electrons. The Morgan fingerprint density at radius 2 is 1.32 bits per heavy atom. The first-order valence-corrected chi connectivity index (χ1v) is 18.1.